The van der Waals surface area contributed by atoms with Crippen LogP contribution in [0.25, 0.3) is 22.3 Å². The molecule has 0 spiro atoms. The van der Waals surface area contributed by atoms with Gasteiger partial charge in [-0.15, -0.1) is 0 Å². The Bertz CT molecular complexity index is 1450. The van der Waals surface area contributed by atoms with Crippen LogP contribution in [0.15, 0.2) is 121 Å². The fourth-order valence-corrected chi connectivity index (χ4v) is 7.39. The van der Waals surface area contributed by atoms with Gasteiger partial charge < -0.3 is 18.1 Å². The molecule has 2 atom stereocenters. The third-order valence-electron chi connectivity index (χ3n) is 6.12. The van der Waals surface area contributed by atoms with Gasteiger partial charge in [0, 0.05) is 11.1 Å². The minimum atomic E-state index is -1.30. The van der Waals surface area contributed by atoms with Gasteiger partial charge in [-0.05, 0) is 59.7 Å². The second-order valence-electron chi connectivity index (χ2n) is 8.38. The van der Waals surface area contributed by atoms with Crippen LogP contribution in [0, 0.1) is 0 Å². The molecule has 0 fully saturated rings. The van der Waals surface area contributed by atoms with Gasteiger partial charge in [-0.25, -0.2) is 0 Å². The Balaban J connectivity index is 1.12. The summed E-state index contributed by atoms with van der Waals surface area (Å²) in [6.07, 6.45) is 0. The Morgan fingerprint density at radius 3 is 1.19 bits per heavy atom. The maximum atomic E-state index is 6.35. The van der Waals surface area contributed by atoms with Crippen LogP contribution in [0.5, 0.6) is 23.0 Å². The molecule has 0 amide bonds. The lowest BCUT2D eigenvalue weighted by atomic mass is 10.0. The summed E-state index contributed by atoms with van der Waals surface area (Å²) in [6, 6.07) is 40.4. The number of fused-ring (bicyclic) bond motifs is 6. The standard InChI is InChI=1S/C30H20O4P2/c1-5-13-27-23(9-1)25-11-3-7-15-29(25)35(33-27)31-21-17-19-22(20-18-21)32-36-30-16-8-4-12-26(30)24-10-2-6-14-28(24)34-36/h1-20H. The van der Waals surface area contributed by atoms with E-state index in [0.29, 0.717) is 0 Å². The van der Waals surface area contributed by atoms with Crippen LogP contribution in [-0.2, 0) is 0 Å². The van der Waals surface area contributed by atoms with Gasteiger partial charge in [0.05, 0.1) is 10.6 Å². The van der Waals surface area contributed by atoms with Gasteiger partial charge in [0.15, 0.2) is 0 Å². The highest BCUT2D eigenvalue weighted by Gasteiger charge is 2.30. The number of para-hydroxylation sites is 2. The van der Waals surface area contributed by atoms with Gasteiger partial charge in [0.2, 0.25) is 0 Å². The van der Waals surface area contributed by atoms with Crippen molar-refractivity contribution in [2.75, 3.05) is 0 Å². The molecular weight excluding hydrogens is 486 g/mol. The number of benzene rings is 5. The molecule has 2 heterocycles. The first-order valence-electron chi connectivity index (χ1n) is 11.6. The first-order valence-corrected chi connectivity index (χ1v) is 14.0. The molecule has 0 N–H and O–H groups in total. The van der Waals surface area contributed by atoms with Crippen LogP contribution in [-0.4, -0.2) is 0 Å². The molecule has 2 aliphatic heterocycles. The van der Waals surface area contributed by atoms with Gasteiger partial charge in [-0.2, -0.15) is 0 Å². The van der Waals surface area contributed by atoms with E-state index in [0.717, 1.165) is 55.9 Å². The molecule has 5 aromatic rings. The number of hydrogen-bond donors (Lipinski definition) is 0. The maximum absolute atomic E-state index is 6.35. The normalized spacial score (nSPS) is 16.8. The molecule has 6 heteroatoms. The van der Waals surface area contributed by atoms with E-state index >= 15 is 0 Å². The Kier molecular flexibility index (Phi) is 5.35. The van der Waals surface area contributed by atoms with Crippen molar-refractivity contribution < 1.29 is 18.1 Å². The summed E-state index contributed by atoms with van der Waals surface area (Å²) in [5.74, 6) is 3.15. The second-order valence-corrected chi connectivity index (χ2v) is 11.1. The van der Waals surface area contributed by atoms with Crippen LogP contribution >= 0.6 is 16.8 Å². The summed E-state index contributed by atoms with van der Waals surface area (Å²) in [5, 5.41) is 2.14. The molecule has 2 aliphatic rings. The molecule has 0 bridgehead atoms. The Morgan fingerprint density at radius 2 is 0.750 bits per heavy atom. The predicted octanol–water partition coefficient (Wildman–Crippen LogP) is 7.84. The van der Waals surface area contributed by atoms with Crippen molar-refractivity contribution in [3.8, 4) is 45.3 Å². The van der Waals surface area contributed by atoms with Gasteiger partial charge in [0.25, 0.3) is 0 Å². The zero-order valence-corrected chi connectivity index (χ0v) is 20.9. The van der Waals surface area contributed by atoms with E-state index in [2.05, 4.69) is 36.4 Å². The Labute approximate surface area is 211 Å². The molecule has 0 saturated carbocycles. The quantitative estimate of drug-likeness (QED) is 0.233. The number of hydrogen-bond acceptors (Lipinski definition) is 4. The van der Waals surface area contributed by atoms with Crippen molar-refractivity contribution in [1.29, 1.82) is 0 Å². The molecule has 174 valence electrons. The highest BCUT2D eigenvalue weighted by Crippen LogP contribution is 2.51. The average molecular weight is 506 g/mol. The van der Waals surface area contributed by atoms with Crippen LogP contribution < -0.4 is 28.7 Å². The summed E-state index contributed by atoms with van der Waals surface area (Å²) in [5.41, 5.74) is 4.50. The van der Waals surface area contributed by atoms with E-state index in [1.807, 2.05) is 84.9 Å². The average Bonchev–Trinajstić information content (AvgIpc) is 2.94. The topological polar surface area (TPSA) is 36.9 Å². The predicted molar refractivity (Wildman–Crippen MR) is 146 cm³/mol. The van der Waals surface area contributed by atoms with Crippen LogP contribution in [0.2, 0.25) is 0 Å². The largest absolute Gasteiger partial charge is 0.435 e. The highest BCUT2D eigenvalue weighted by atomic mass is 31.2. The lowest BCUT2D eigenvalue weighted by Gasteiger charge is -2.28. The van der Waals surface area contributed by atoms with Crippen molar-refractivity contribution >= 4 is 27.4 Å². The van der Waals surface area contributed by atoms with Gasteiger partial charge in [0.1, 0.15) is 23.0 Å². The fraction of sp³-hybridized carbons (Fsp3) is 0. The maximum Gasteiger partial charge on any atom is 0.326 e. The van der Waals surface area contributed by atoms with Crippen LogP contribution in [0.3, 0.4) is 0 Å². The summed E-state index contributed by atoms with van der Waals surface area (Å²) in [7, 11) is -2.60. The van der Waals surface area contributed by atoms with Gasteiger partial charge >= 0.3 is 16.8 Å². The Hall–Kier alpha value is -3.84. The SMILES string of the molecule is c1ccc2c(c1)OP(Oc1ccc(OP3Oc4ccccc4-c4ccccc43)cc1)c1ccccc1-2. The minimum absolute atomic E-state index is 0.728. The van der Waals surface area contributed by atoms with E-state index in [1.54, 1.807) is 0 Å². The first kappa shape index (κ1) is 21.4. The summed E-state index contributed by atoms with van der Waals surface area (Å²) in [4.78, 5) is 0. The fourth-order valence-electron chi connectivity index (χ4n) is 4.42. The molecule has 4 nitrogen and oxygen atoms in total. The number of rotatable bonds is 4. The zero-order chi connectivity index (χ0) is 23.9. The molecule has 0 aliphatic carbocycles. The minimum Gasteiger partial charge on any atom is -0.435 e. The lowest BCUT2D eigenvalue weighted by molar-refractivity contribution is 0.492. The van der Waals surface area contributed by atoms with E-state index in [4.69, 9.17) is 18.1 Å². The molecule has 0 radical (unpaired) electrons. The molecule has 0 saturated heterocycles. The van der Waals surface area contributed by atoms with Crippen molar-refractivity contribution in [2.45, 2.75) is 0 Å². The van der Waals surface area contributed by atoms with E-state index in [-0.39, 0.29) is 0 Å². The first-order chi connectivity index (χ1) is 17.8. The lowest BCUT2D eigenvalue weighted by Crippen LogP contribution is -2.17. The van der Waals surface area contributed by atoms with E-state index in [1.165, 1.54) is 0 Å². The molecule has 36 heavy (non-hydrogen) atoms. The van der Waals surface area contributed by atoms with Gasteiger partial charge in [-0.1, -0.05) is 72.8 Å². The van der Waals surface area contributed by atoms with Gasteiger partial charge in [-0.3, -0.25) is 0 Å². The Morgan fingerprint density at radius 1 is 0.389 bits per heavy atom. The van der Waals surface area contributed by atoms with Crippen molar-refractivity contribution in [2.24, 2.45) is 0 Å². The van der Waals surface area contributed by atoms with E-state index < -0.39 is 16.8 Å². The van der Waals surface area contributed by atoms with Crippen molar-refractivity contribution in [1.82, 2.24) is 0 Å². The highest BCUT2D eigenvalue weighted by molar-refractivity contribution is 7.57. The summed E-state index contributed by atoms with van der Waals surface area (Å²) in [6.45, 7) is 0. The third kappa shape index (κ3) is 3.80. The molecular formula is C30H20O4P2. The molecule has 7 rings (SSSR count). The second kappa shape index (κ2) is 8.99. The van der Waals surface area contributed by atoms with Crippen molar-refractivity contribution in [3.05, 3.63) is 121 Å². The third-order valence-corrected chi connectivity index (χ3v) is 9.16. The monoisotopic (exact) mass is 506 g/mol. The summed E-state index contributed by atoms with van der Waals surface area (Å²) >= 11 is 0. The van der Waals surface area contributed by atoms with Crippen molar-refractivity contribution in [3.63, 3.8) is 0 Å². The smallest absolute Gasteiger partial charge is 0.326 e. The molecule has 5 aromatic carbocycles. The van der Waals surface area contributed by atoms with Crippen LogP contribution in [0.1, 0.15) is 0 Å². The summed E-state index contributed by atoms with van der Waals surface area (Å²) < 4.78 is 25.3. The molecule has 2 unspecified atom stereocenters. The van der Waals surface area contributed by atoms with E-state index in [9.17, 15) is 0 Å². The zero-order valence-electron chi connectivity index (χ0n) is 19.1. The van der Waals surface area contributed by atoms with Crippen LogP contribution in [0.4, 0.5) is 0 Å². The molecule has 0 aromatic heterocycles.